The second-order valence-corrected chi connectivity index (χ2v) is 6.43. The molecule has 0 radical (unpaired) electrons. The van der Waals surface area contributed by atoms with Crippen molar-refractivity contribution < 1.29 is 14.3 Å². The maximum Gasteiger partial charge on any atom is 0.254 e. The lowest BCUT2D eigenvalue weighted by Crippen LogP contribution is -2.48. The molecule has 5 heteroatoms. The molecule has 2 aromatic carbocycles. The first kappa shape index (κ1) is 17.2. The molecule has 0 unspecified atom stereocenters. The number of ether oxygens (including phenoxy) is 1. The first-order valence-electron chi connectivity index (χ1n) is 8.35. The normalized spacial score (nSPS) is 20.3. The summed E-state index contributed by atoms with van der Waals surface area (Å²) in [5.41, 5.74) is 8.45. The topological polar surface area (TPSA) is 72.6 Å². The van der Waals surface area contributed by atoms with Crippen LogP contribution in [0, 0.1) is 6.92 Å². The number of morpholine rings is 1. The van der Waals surface area contributed by atoms with E-state index in [0.29, 0.717) is 24.3 Å². The molecule has 2 aromatic rings. The van der Waals surface area contributed by atoms with Gasteiger partial charge in [0.15, 0.2) is 0 Å². The van der Waals surface area contributed by atoms with Crippen LogP contribution in [0.2, 0.25) is 0 Å². The van der Waals surface area contributed by atoms with E-state index >= 15 is 0 Å². The highest BCUT2D eigenvalue weighted by Crippen LogP contribution is 2.28. The number of aryl methyl sites for hydroxylation is 1. The first-order valence-corrected chi connectivity index (χ1v) is 8.35. The average Bonchev–Trinajstić information content (AvgIpc) is 2.62. The highest BCUT2D eigenvalue weighted by atomic mass is 16.5. The Morgan fingerprint density at radius 1 is 1.08 bits per heavy atom. The zero-order valence-electron chi connectivity index (χ0n) is 14.4. The molecular weight excluding hydrogens is 316 g/mol. The first-order chi connectivity index (χ1) is 12.0. The molecule has 2 atom stereocenters. The highest BCUT2D eigenvalue weighted by Gasteiger charge is 2.31. The van der Waals surface area contributed by atoms with Gasteiger partial charge in [-0.25, -0.2) is 0 Å². The number of benzene rings is 2. The van der Waals surface area contributed by atoms with Crippen LogP contribution in [-0.2, 0) is 4.74 Å². The molecule has 0 saturated carbocycles. The van der Waals surface area contributed by atoms with Gasteiger partial charge in [-0.15, -0.1) is 0 Å². The Morgan fingerprint density at radius 2 is 1.72 bits per heavy atom. The number of hydrogen-bond acceptors (Lipinski definition) is 3. The van der Waals surface area contributed by atoms with Crippen LogP contribution in [0.25, 0.3) is 0 Å². The van der Waals surface area contributed by atoms with Crippen LogP contribution in [0.5, 0.6) is 0 Å². The average molecular weight is 338 g/mol. The lowest BCUT2D eigenvalue weighted by molar-refractivity contribution is -0.0489. The Bertz CT molecular complexity index is 786. The van der Waals surface area contributed by atoms with Crippen LogP contribution < -0.4 is 5.73 Å². The minimum absolute atomic E-state index is 0.0106. The zero-order chi connectivity index (χ0) is 18.0. The molecule has 1 aliphatic heterocycles. The van der Waals surface area contributed by atoms with Gasteiger partial charge in [0.1, 0.15) is 6.10 Å². The van der Waals surface area contributed by atoms with E-state index in [1.54, 1.807) is 24.3 Å². The fraction of sp³-hybridized carbons (Fsp3) is 0.300. The Morgan fingerprint density at radius 3 is 2.36 bits per heavy atom. The molecule has 0 bridgehead atoms. The van der Waals surface area contributed by atoms with Crippen molar-refractivity contribution in [1.82, 2.24) is 4.90 Å². The molecule has 5 nitrogen and oxygen atoms in total. The molecule has 130 valence electrons. The van der Waals surface area contributed by atoms with E-state index < -0.39 is 5.91 Å². The summed E-state index contributed by atoms with van der Waals surface area (Å²) in [7, 11) is 0. The third kappa shape index (κ3) is 3.56. The van der Waals surface area contributed by atoms with E-state index in [1.807, 2.05) is 43.0 Å². The summed E-state index contributed by atoms with van der Waals surface area (Å²) in [6.07, 6.45) is -0.133. The standard InChI is InChI=1S/C20H22N2O3/c1-13-5-3-4-6-17(13)18-11-22(14(2)12-25-18)20(24)16-9-7-15(8-10-16)19(21)23/h3-10,14,18H,11-12H2,1-2H3,(H2,21,23)/t14-,18-/m0/s1. The third-order valence-corrected chi connectivity index (χ3v) is 4.65. The zero-order valence-corrected chi connectivity index (χ0v) is 14.4. The van der Waals surface area contributed by atoms with Gasteiger partial charge in [-0.05, 0) is 49.2 Å². The number of carbonyl (C=O) groups excluding carboxylic acids is 2. The molecule has 1 saturated heterocycles. The molecule has 2 amide bonds. The van der Waals surface area contributed by atoms with E-state index in [-0.39, 0.29) is 18.1 Å². The van der Waals surface area contributed by atoms with Crippen molar-refractivity contribution in [3.8, 4) is 0 Å². The number of nitrogens with two attached hydrogens (primary N) is 1. The van der Waals surface area contributed by atoms with Gasteiger partial charge in [0.25, 0.3) is 5.91 Å². The smallest absolute Gasteiger partial charge is 0.254 e. The molecule has 25 heavy (non-hydrogen) atoms. The van der Waals surface area contributed by atoms with Crippen molar-refractivity contribution in [3.63, 3.8) is 0 Å². The Labute approximate surface area is 147 Å². The minimum Gasteiger partial charge on any atom is -0.370 e. The summed E-state index contributed by atoms with van der Waals surface area (Å²) in [6, 6.07) is 14.5. The quantitative estimate of drug-likeness (QED) is 0.935. The van der Waals surface area contributed by atoms with Crippen LogP contribution in [0.15, 0.2) is 48.5 Å². The van der Waals surface area contributed by atoms with E-state index in [2.05, 4.69) is 0 Å². The molecule has 3 rings (SSSR count). The van der Waals surface area contributed by atoms with Gasteiger partial charge >= 0.3 is 0 Å². The fourth-order valence-electron chi connectivity index (χ4n) is 3.12. The predicted molar refractivity (Wildman–Crippen MR) is 95.3 cm³/mol. The van der Waals surface area contributed by atoms with Crippen LogP contribution in [0.3, 0.4) is 0 Å². The minimum atomic E-state index is -0.502. The molecule has 1 aliphatic rings. The molecular formula is C20H22N2O3. The van der Waals surface area contributed by atoms with Crippen LogP contribution in [-0.4, -0.2) is 35.9 Å². The van der Waals surface area contributed by atoms with Crippen molar-refractivity contribution >= 4 is 11.8 Å². The van der Waals surface area contributed by atoms with Gasteiger partial charge in [0, 0.05) is 11.1 Å². The number of hydrogen-bond donors (Lipinski definition) is 1. The number of carbonyl (C=O) groups is 2. The molecule has 0 aromatic heterocycles. The second kappa shape index (κ2) is 7.07. The lowest BCUT2D eigenvalue weighted by Gasteiger charge is -2.38. The summed E-state index contributed by atoms with van der Waals surface area (Å²) in [4.78, 5) is 25.9. The fourth-order valence-corrected chi connectivity index (χ4v) is 3.12. The van der Waals surface area contributed by atoms with Crippen LogP contribution >= 0.6 is 0 Å². The molecule has 2 N–H and O–H groups in total. The summed E-state index contributed by atoms with van der Waals surface area (Å²) in [5.74, 6) is -0.566. The summed E-state index contributed by atoms with van der Waals surface area (Å²) in [5, 5.41) is 0. The van der Waals surface area contributed by atoms with Gasteiger partial charge in [0.05, 0.1) is 19.2 Å². The molecule has 0 spiro atoms. The number of nitrogens with zero attached hydrogens (tertiary/aromatic N) is 1. The maximum atomic E-state index is 12.9. The van der Waals surface area contributed by atoms with E-state index in [9.17, 15) is 9.59 Å². The van der Waals surface area contributed by atoms with Crippen molar-refractivity contribution in [2.45, 2.75) is 26.0 Å². The SMILES string of the molecule is Cc1ccccc1[C@@H]1CN(C(=O)c2ccc(C(N)=O)cc2)[C@@H](C)CO1. The number of primary amides is 1. The maximum absolute atomic E-state index is 12.9. The van der Waals surface area contributed by atoms with Gasteiger partial charge in [-0.2, -0.15) is 0 Å². The van der Waals surface area contributed by atoms with E-state index in [0.717, 1.165) is 11.1 Å². The highest BCUT2D eigenvalue weighted by molar-refractivity contribution is 5.97. The monoisotopic (exact) mass is 338 g/mol. The molecule has 1 fully saturated rings. The van der Waals surface area contributed by atoms with Crippen molar-refractivity contribution in [1.29, 1.82) is 0 Å². The second-order valence-electron chi connectivity index (χ2n) is 6.43. The van der Waals surface area contributed by atoms with Gasteiger partial charge < -0.3 is 15.4 Å². The van der Waals surface area contributed by atoms with E-state index in [1.165, 1.54) is 0 Å². The summed E-state index contributed by atoms with van der Waals surface area (Å²) >= 11 is 0. The predicted octanol–water partition coefficient (Wildman–Crippen LogP) is 2.70. The Balaban J connectivity index is 1.81. The van der Waals surface area contributed by atoms with Crippen molar-refractivity contribution in [3.05, 3.63) is 70.8 Å². The Kier molecular flexibility index (Phi) is 4.86. The van der Waals surface area contributed by atoms with Crippen LogP contribution in [0.1, 0.15) is 44.9 Å². The van der Waals surface area contributed by atoms with Gasteiger partial charge in [0.2, 0.25) is 5.91 Å². The summed E-state index contributed by atoms with van der Waals surface area (Å²) in [6.45, 7) is 5.02. The summed E-state index contributed by atoms with van der Waals surface area (Å²) < 4.78 is 5.97. The van der Waals surface area contributed by atoms with E-state index in [4.69, 9.17) is 10.5 Å². The van der Waals surface area contributed by atoms with Gasteiger partial charge in [-0.3, -0.25) is 9.59 Å². The lowest BCUT2D eigenvalue weighted by atomic mass is 10.0. The number of amides is 2. The number of rotatable bonds is 3. The largest absolute Gasteiger partial charge is 0.370 e. The van der Waals surface area contributed by atoms with Crippen LogP contribution in [0.4, 0.5) is 0 Å². The molecule has 1 heterocycles. The van der Waals surface area contributed by atoms with Crippen molar-refractivity contribution in [2.75, 3.05) is 13.2 Å². The third-order valence-electron chi connectivity index (χ3n) is 4.65. The molecule has 0 aliphatic carbocycles. The Hall–Kier alpha value is -2.66. The van der Waals surface area contributed by atoms with Gasteiger partial charge in [-0.1, -0.05) is 24.3 Å². The van der Waals surface area contributed by atoms with Crippen molar-refractivity contribution in [2.24, 2.45) is 5.73 Å².